The molecule has 0 saturated heterocycles. The van der Waals surface area contributed by atoms with Gasteiger partial charge in [-0.1, -0.05) is 11.6 Å². The van der Waals surface area contributed by atoms with E-state index in [0.29, 0.717) is 11.4 Å². The molecule has 100 valence electrons. The summed E-state index contributed by atoms with van der Waals surface area (Å²) >= 11 is 5.61. The van der Waals surface area contributed by atoms with E-state index in [2.05, 4.69) is 10.1 Å². The van der Waals surface area contributed by atoms with Crippen LogP contribution in [-0.4, -0.2) is 27.3 Å². The van der Waals surface area contributed by atoms with E-state index in [1.807, 2.05) is 0 Å². The molecule has 0 bridgehead atoms. The van der Waals surface area contributed by atoms with Crippen molar-refractivity contribution in [2.24, 2.45) is 7.05 Å². The van der Waals surface area contributed by atoms with Gasteiger partial charge in [-0.05, 0) is 25.1 Å². The highest BCUT2D eigenvalue weighted by Gasteiger charge is 2.17. The van der Waals surface area contributed by atoms with Crippen molar-refractivity contribution in [1.82, 2.24) is 14.8 Å². The third kappa shape index (κ3) is 2.73. The minimum atomic E-state index is -0.612. The first-order valence-corrected chi connectivity index (χ1v) is 5.94. The van der Waals surface area contributed by atoms with Crippen molar-refractivity contribution in [2.75, 3.05) is 6.61 Å². The summed E-state index contributed by atoms with van der Waals surface area (Å²) < 4.78 is 19.6. The quantitative estimate of drug-likeness (QED) is 0.812. The van der Waals surface area contributed by atoms with E-state index in [1.165, 1.54) is 16.8 Å². The molecule has 0 spiro atoms. The monoisotopic (exact) mass is 283 g/mol. The van der Waals surface area contributed by atoms with Gasteiger partial charge in [0.25, 0.3) is 5.82 Å². The van der Waals surface area contributed by atoms with Gasteiger partial charge >= 0.3 is 5.97 Å². The van der Waals surface area contributed by atoms with E-state index in [1.54, 1.807) is 20.0 Å². The Kier molecular flexibility index (Phi) is 3.80. The van der Waals surface area contributed by atoms with Crippen LogP contribution in [0.2, 0.25) is 5.02 Å². The first kappa shape index (κ1) is 13.5. The molecule has 19 heavy (non-hydrogen) atoms. The molecule has 7 heteroatoms. The molecule has 0 amide bonds. The van der Waals surface area contributed by atoms with Crippen molar-refractivity contribution < 1.29 is 13.9 Å². The zero-order valence-electron chi connectivity index (χ0n) is 10.4. The van der Waals surface area contributed by atoms with Crippen LogP contribution >= 0.6 is 11.6 Å². The number of aryl methyl sites for hydroxylation is 1. The van der Waals surface area contributed by atoms with E-state index < -0.39 is 11.8 Å². The second-order valence-electron chi connectivity index (χ2n) is 3.73. The van der Waals surface area contributed by atoms with E-state index in [4.69, 9.17) is 16.3 Å². The molecule has 5 nitrogen and oxygen atoms in total. The maximum absolute atomic E-state index is 13.4. The number of hydrogen-bond acceptors (Lipinski definition) is 4. The third-order valence-electron chi connectivity index (χ3n) is 2.40. The molecule has 2 rings (SSSR count). The standard InChI is InChI=1S/C12H11ClFN3O2/c1-3-19-12(18)10-15-11(17(2)16-10)7-4-5-8(13)9(14)6-7/h4-6H,3H2,1-2H3. The maximum atomic E-state index is 13.4. The summed E-state index contributed by atoms with van der Waals surface area (Å²) in [5.74, 6) is -0.869. The van der Waals surface area contributed by atoms with Crippen molar-refractivity contribution in [2.45, 2.75) is 6.92 Å². The molecule has 1 heterocycles. The predicted molar refractivity (Wildman–Crippen MR) is 67.4 cm³/mol. The third-order valence-corrected chi connectivity index (χ3v) is 2.71. The number of benzene rings is 1. The molecule has 1 aromatic heterocycles. The Labute approximate surface area is 114 Å². The minimum Gasteiger partial charge on any atom is -0.460 e. The highest BCUT2D eigenvalue weighted by Crippen LogP contribution is 2.22. The fourth-order valence-electron chi connectivity index (χ4n) is 1.55. The average Bonchev–Trinajstić information content (AvgIpc) is 2.75. The zero-order valence-corrected chi connectivity index (χ0v) is 11.1. The lowest BCUT2D eigenvalue weighted by Gasteiger charge is -2.00. The lowest BCUT2D eigenvalue weighted by atomic mass is 10.2. The van der Waals surface area contributed by atoms with Gasteiger partial charge in [-0.25, -0.2) is 18.9 Å². The SMILES string of the molecule is CCOC(=O)c1nc(-c2ccc(Cl)c(F)c2)n(C)n1. The second kappa shape index (κ2) is 5.36. The summed E-state index contributed by atoms with van der Waals surface area (Å²) in [4.78, 5) is 15.5. The van der Waals surface area contributed by atoms with Gasteiger partial charge in [-0.15, -0.1) is 5.10 Å². The predicted octanol–water partition coefficient (Wildman–Crippen LogP) is 2.45. The molecule has 0 atom stereocenters. The highest BCUT2D eigenvalue weighted by molar-refractivity contribution is 6.30. The van der Waals surface area contributed by atoms with E-state index in [9.17, 15) is 9.18 Å². The molecular weight excluding hydrogens is 273 g/mol. The molecule has 0 unspecified atom stereocenters. The highest BCUT2D eigenvalue weighted by atomic mass is 35.5. The summed E-state index contributed by atoms with van der Waals surface area (Å²) in [7, 11) is 1.61. The Morgan fingerprint density at radius 3 is 2.89 bits per heavy atom. The maximum Gasteiger partial charge on any atom is 0.378 e. The van der Waals surface area contributed by atoms with Crippen LogP contribution in [-0.2, 0) is 11.8 Å². The minimum absolute atomic E-state index is 0.0246. The van der Waals surface area contributed by atoms with Crippen LogP contribution in [0.3, 0.4) is 0 Å². The number of esters is 1. The number of rotatable bonds is 3. The van der Waals surface area contributed by atoms with Gasteiger partial charge in [0.05, 0.1) is 11.6 Å². The normalized spacial score (nSPS) is 10.5. The Morgan fingerprint density at radius 1 is 1.53 bits per heavy atom. The van der Waals surface area contributed by atoms with Gasteiger partial charge < -0.3 is 4.74 Å². The molecule has 0 aliphatic carbocycles. The van der Waals surface area contributed by atoms with Crippen molar-refractivity contribution in [1.29, 1.82) is 0 Å². The van der Waals surface area contributed by atoms with Gasteiger partial charge in [0.2, 0.25) is 0 Å². The van der Waals surface area contributed by atoms with Crippen molar-refractivity contribution in [3.05, 3.63) is 34.9 Å². The number of hydrogen-bond donors (Lipinski definition) is 0. The van der Waals surface area contributed by atoms with Gasteiger partial charge in [-0.3, -0.25) is 0 Å². The van der Waals surface area contributed by atoms with Crippen LogP contribution in [0, 0.1) is 5.82 Å². The zero-order chi connectivity index (χ0) is 14.0. The second-order valence-corrected chi connectivity index (χ2v) is 4.14. The lowest BCUT2D eigenvalue weighted by molar-refractivity contribution is 0.0512. The molecule has 0 N–H and O–H groups in total. The Balaban J connectivity index is 2.40. The van der Waals surface area contributed by atoms with Crippen LogP contribution in [0.1, 0.15) is 17.5 Å². The van der Waals surface area contributed by atoms with Crippen LogP contribution < -0.4 is 0 Å². The lowest BCUT2D eigenvalue weighted by Crippen LogP contribution is -2.07. The first-order valence-electron chi connectivity index (χ1n) is 5.56. The van der Waals surface area contributed by atoms with Gasteiger partial charge in [0.1, 0.15) is 5.82 Å². The van der Waals surface area contributed by atoms with Gasteiger partial charge in [0, 0.05) is 12.6 Å². The summed E-state index contributed by atoms with van der Waals surface area (Å²) in [6, 6.07) is 4.26. The topological polar surface area (TPSA) is 57.0 Å². The molecule has 0 fully saturated rings. The first-order chi connectivity index (χ1) is 9.02. The molecule has 0 aliphatic heterocycles. The summed E-state index contributed by atoms with van der Waals surface area (Å²) in [6.45, 7) is 1.93. The molecule has 1 aromatic carbocycles. The molecule has 0 saturated carbocycles. The molecule has 2 aromatic rings. The summed E-state index contributed by atoms with van der Waals surface area (Å²) in [5.41, 5.74) is 0.479. The van der Waals surface area contributed by atoms with Gasteiger partial charge in [0.15, 0.2) is 5.82 Å². The number of ether oxygens (including phenoxy) is 1. The largest absolute Gasteiger partial charge is 0.460 e. The number of halogens is 2. The number of carbonyl (C=O) groups is 1. The fourth-order valence-corrected chi connectivity index (χ4v) is 1.67. The fraction of sp³-hybridized carbons (Fsp3) is 0.250. The van der Waals surface area contributed by atoms with E-state index >= 15 is 0 Å². The average molecular weight is 284 g/mol. The number of carbonyl (C=O) groups excluding carboxylic acids is 1. The van der Waals surface area contributed by atoms with E-state index in [0.717, 1.165) is 0 Å². The smallest absolute Gasteiger partial charge is 0.378 e. The number of aromatic nitrogens is 3. The molecule has 0 aliphatic rings. The van der Waals surface area contributed by atoms with Crippen molar-refractivity contribution >= 4 is 17.6 Å². The number of nitrogens with zero attached hydrogens (tertiary/aromatic N) is 3. The molecular formula is C12H11ClFN3O2. The van der Waals surface area contributed by atoms with Crippen molar-refractivity contribution in [3.63, 3.8) is 0 Å². The molecule has 0 radical (unpaired) electrons. The van der Waals surface area contributed by atoms with Crippen molar-refractivity contribution in [3.8, 4) is 11.4 Å². The summed E-state index contributed by atoms with van der Waals surface area (Å²) in [6.07, 6.45) is 0. The Hall–Kier alpha value is -1.95. The van der Waals surface area contributed by atoms with Crippen LogP contribution in [0.4, 0.5) is 4.39 Å². The van der Waals surface area contributed by atoms with E-state index in [-0.39, 0.29) is 17.5 Å². The van der Waals surface area contributed by atoms with Crippen LogP contribution in [0.5, 0.6) is 0 Å². The van der Waals surface area contributed by atoms with Crippen LogP contribution in [0.15, 0.2) is 18.2 Å². The van der Waals surface area contributed by atoms with Crippen LogP contribution in [0.25, 0.3) is 11.4 Å². The Morgan fingerprint density at radius 2 is 2.26 bits per heavy atom. The summed E-state index contributed by atoms with van der Waals surface area (Å²) in [5, 5.41) is 3.96. The Bertz CT molecular complexity index is 627. The van der Waals surface area contributed by atoms with Gasteiger partial charge in [-0.2, -0.15) is 0 Å².